The highest BCUT2D eigenvalue weighted by molar-refractivity contribution is 5.96. The normalized spacial score (nSPS) is 13.7. The number of hydrogen-bond acceptors (Lipinski definition) is 5. The average Bonchev–Trinajstić information content (AvgIpc) is 3.59. The van der Waals surface area contributed by atoms with Crippen molar-refractivity contribution in [2.75, 3.05) is 12.4 Å². The number of benzene rings is 2. The fourth-order valence-electron chi connectivity index (χ4n) is 3.23. The Morgan fingerprint density at radius 1 is 1.10 bits per heavy atom. The van der Waals surface area contributed by atoms with Crippen molar-refractivity contribution in [3.63, 3.8) is 0 Å². The average molecular weight is 413 g/mol. The Morgan fingerprint density at radius 3 is 2.43 bits per heavy atom. The Hall–Kier alpha value is -3.42. The van der Waals surface area contributed by atoms with Gasteiger partial charge in [0.2, 0.25) is 0 Å². The largest absolute Gasteiger partial charge is 0.465 e. The number of alkyl halides is 3. The van der Waals surface area contributed by atoms with E-state index in [0.717, 1.165) is 24.5 Å². The summed E-state index contributed by atoms with van der Waals surface area (Å²) in [5.74, 6) is -0.0406. The van der Waals surface area contributed by atoms with Gasteiger partial charge in [-0.2, -0.15) is 13.2 Å². The summed E-state index contributed by atoms with van der Waals surface area (Å²) < 4.78 is 44.6. The highest BCUT2D eigenvalue weighted by atomic mass is 19.4. The summed E-state index contributed by atoms with van der Waals surface area (Å²) in [7, 11) is 1.31. The van der Waals surface area contributed by atoms with Crippen molar-refractivity contribution in [1.82, 2.24) is 9.97 Å². The molecule has 1 fully saturated rings. The number of nitrogens with one attached hydrogen (secondary N) is 1. The molecule has 0 atom stereocenters. The Bertz CT molecular complexity index is 1080. The molecule has 1 saturated carbocycles. The monoisotopic (exact) mass is 413 g/mol. The van der Waals surface area contributed by atoms with Crippen molar-refractivity contribution < 1.29 is 22.7 Å². The molecule has 1 aliphatic rings. The van der Waals surface area contributed by atoms with Gasteiger partial charge in [0.25, 0.3) is 0 Å². The van der Waals surface area contributed by atoms with Crippen LogP contribution in [-0.4, -0.2) is 23.0 Å². The van der Waals surface area contributed by atoms with Crippen LogP contribution in [0, 0.1) is 0 Å². The molecule has 3 aromatic rings. The first-order valence-corrected chi connectivity index (χ1v) is 9.34. The maximum absolute atomic E-state index is 13.2. The van der Waals surface area contributed by atoms with E-state index in [2.05, 4.69) is 15.3 Å². The standard InChI is InChI=1S/C22H18F3N3O2/c1-30-21(29)17-10-14(13-6-7-13)8-9-19(17)28-15-11-26-20(27-12-15)16-4-2-3-5-18(16)22(23,24)25/h2-5,8-13,28H,6-7H2,1H3. The number of ether oxygens (including phenoxy) is 1. The molecular formula is C22H18F3N3O2. The highest BCUT2D eigenvalue weighted by Gasteiger charge is 2.34. The Labute approximate surface area is 170 Å². The van der Waals surface area contributed by atoms with Crippen LogP contribution >= 0.6 is 0 Å². The predicted molar refractivity (Wildman–Crippen MR) is 106 cm³/mol. The zero-order valence-electron chi connectivity index (χ0n) is 16.0. The van der Waals surface area contributed by atoms with Gasteiger partial charge in [-0.25, -0.2) is 14.8 Å². The first kappa shape index (κ1) is 19.9. The number of anilines is 2. The van der Waals surface area contributed by atoms with Gasteiger partial charge in [0, 0.05) is 5.56 Å². The minimum atomic E-state index is -4.50. The minimum absolute atomic E-state index is 0.0363. The van der Waals surface area contributed by atoms with Crippen LogP contribution in [0.3, 0.4) is 0 Å². The Balaban J connectivity index is 1.61. The van der Waals surface area contributed by atoms with Crippen molar-refractivity contribution >= 4 is 17.3 Å². The quantitative estimate of drug-likeness (QED) is 0.554. The number of hydrogen-bond donors (Lipinski definition) is 1. The molecule has 0 unspecified atom stereocenters. The number of esters is 1. The summed E-state index contributed by atoms with van der Waals surface area (Å²) in [6.07, 6.45) is 0.455. The molecule has 0 spiro atoms. The van der Waals surface area contributed by atoms with E-state index in [9.17, 15) is 18.0 Å². The van der Waals surface area contributed by atoms with Gasteiger partial charge in [-0.3, -0.25) is 0 Å². The molecule has 0 aliphatic heterocycles. The van der Waals surface area contributed by atoms with Crippen LogP contribution in [0.25, 0.3) is 11.4 Å². The number of methoxy groups -OCH3 is 1. The molecule has 154 valence electrons. The summed E-state index contributed by atoms with van der Waals surface area (Å²) >= 11 is 0. The number of halogens is 3. The molecule has 1 aliphatic carbocycles. The SMILES string of the molecule is COC(=O)c1cc(C2CC2)ccc1Nc1cnc(-c2ccccc2C(F)(F)F)nc1. The van der Waals surface area contributed by atoms with Crippen molar-refractivity contribution in [2.24, 2.45) is 0 Å². The summed E-state index contributed by atoms with van der Waals surface area (Å²) in [6.45, 7) is 0. The van der Waals surface area contributed by atoms with E-state index >= 15 is 0 Å². The number of carbonyl (C=O) groups is 1. The summed E-state index contributed by atoms with van der Waals surface area (Å²) in [6, 6.07) is 10.7. The lowest BCUT2D eigenvalue weighted by molar-refractivity contribution is -0.137. The summed E-state index contributed by atoms with van der Waals surface area (Å²) in [4.78, 5) is 20.4. The fourth-order valence-corrected chi connectivity index (χ4v) is 3.23. The van der Waals surface area contributed by atoms with E-state index in [1.165, 1.54) is 37.7 Å². The maximum Gasteiger partial charge on any atom is 0.417 e. The van der Waals surface area contributed by atoms with E-state index in [0.29, 0.717) is 22.9 Å². The van der Waals surface area contributed by atoms with Crippen LogP contribution in [0.4, 0.5) is 24.5 Å². The molecule has 1 aromatic heterocycles. The van der Waals surface area contributed by atoms with Crippen molar-refractivity contribution in [1.29, 1.82) is 0 Å². The van der Waals surface area contributed by atoms with Gasteiger partial charge in [-0.15, -0.1) is 0 Å². The van der Waals surface area contributed by atoms with E-state index in [-0.39, 0.29) is 11.4 Å². The van der Waals surface area contributed by atoms with E-state index in [4.69, 9.17) is 4.74 Å². The second-order valence-electron chi connectivity index (χ2n) is 7.03. The van der Waals surface area contributed by atoms with Crippen molar-refractivity contribution in [3.05, 3.63) is 71.5 Å². The lowest BCUT2D eigenvalue weighted by Gasteiger charge is -2.13. The third kappa shape index (κ3) is 4.12. The number of nitrogens with zero attached hydrogens (tertiary/aromatic N) is 2. The van der Waals surface area contributed by atoms with E-state index < -0.39 is 17.7 Å². The van der Waals surface area contributed by atoms with Crippen molar-refractivity contribution in [3.8, 4) is 11.4 Å². The Morgan fingerprint density at radius 2 is 1.80 bits per heavy atom. The molecule has 8 heteroatoms. The molecular weight excluding hydrogens is 395 g/mol. The third-order valence-electron chi connectivity index (χ3n) is 4.90. The van der Waals surface area contributed by atoms with Gasteiger partial charge >= 0.3 is 12.1 Å². The third-order valence-corrected chi connectivity index (χ3v) is 4.90. The molecule has 5 nitrogen and oxygen atoms in total. The lowest BCUT2D eigenvalue weighted by atomic mass is 10.0. The van der Waals surface area contributed by atoms with Crippen LogP contribution in [-0.2, 0) is 10.9 Å². The van der Waals surface area contributed by atoms with E-state index in [1.54, 1.807) is 12.1 Å². The predicted octanol–water partition coefficient (Wildman–Crippen LogP) is 5.57. The van der Waals surface area contributed by atoms with Crippen molar-refractivity contribution in [2.45, 2.75) is 24.9 Å². The second-order valence-corrected chi connectivity index (χ2v) is 7.03. The van der Waals surface area contributed by atoms with Crippen LogP contribution in [0.15, 0.2) is 54.9 Å². The molecule has 2 aromatic carbocycles. The molecule has 4 rings (SSSR count). The smallest absolute Gasteiger partial charge is 0.417 e. The number of carbonyl (C=O) groups excluding carboxylic acids is 1. The van der Waals surface area contributed by atoms with Crippen LogP contribution in [0.5, 0.6) is 0 Å². The second kappa shape index (κ2) is 7.78. The first-order chi connectivity index (χ1) is 14.4. The zero-order valence-corrected chi connectivity index (χ0v) is 16.0. The van der Waals surface area contributed by atoms with Crippen LogP contribution in [0.1, 0.15) is 40.2 Å². The maximum atomic E-state index is 13.2. The van der Waals surface area contributed by atoms with Crippen LogP contribution in [0.2, 0.25) is 0 Å². The van der Waals surface area contributed by atoms with Gasteiger partial charge in [-0.05, 0) is 42.5 Å². The van der Waals surface area contributed by atoms with Gasteiger partial charge in [0.15, 0.2) is 5.82 Å². The fraction of sp³-hybridized carbons (Fsp3) is 0.227. The molecule has 30 heavy (non-hydrogen) atoms. The summed E-state index contributed by atoms with van der Waals surface area (Å²) in [5, 5.41) is 3.05. The summed E-state index contributed by atoms with van der Waals surface area (Å²) in [5.41, 5.74) is 1.52. The lowest BCUT2D eigenvalue weighted by Crippen LogP contribution is -2.08. The molecule has 0 radical (unpaired) electrons. The molecule has 0 amide bonds. The van der Waals surface area contributed by atoms with Gasteiger partial charge in [0.1, 0.15) is 0 Å². The first-order valence-electron chi connectivity index (χ1n) is 9.34. The number of aromatic nitrogens is 2. The van der Waals surface area contributed by atoms with Gasteiger partial charge in [-0.1, -0.05) is 24.3 Å². The highest BCUT2D eigenvalue weighted by Crippen LogP contribution is 2.41. The van der Waals surface area contributed by atoms with Gasteiger partial charge < -0.3 is 10.1 Å². The zero-order chi connectivity index (χ0) is 21.3. The molecule has 1 N–H and O–H groups in total. The Kier molecular flexibility index (Phi) is 5.15. The van der Waals surface area contributed by atoms with Gasteiger partial charge in [0.05, 0.1) is 42.0 Å². The topological polar surface area (TPSA) is 64.1 Å². The minimum Gasteiger partial charge on any atom is -0.465 e. The molecule has 0 bridgehead atoms. The van der Waals surface area contributed by atoms with Crippen LogP contribution < -0.4 is 5.32 Å². The van der Waals surface area contributed by atoms with E-state index in [1.807, 2.05) is 6.07 Å². The number of rotatable bonds is 5. The molecule has 0 saturated heterocycles. The molecule has 1 heterocycles.